The van der Waals surface area contributed by atoms with Crippen LogP contribution in [0.2, 0.25) is 0 Å². The number of aromatic nitrogens is 2. The van der Waals surface area contributed by atoms with E-state index in [1.165, 1.54) is 5.56 Å². The normalized spacial score (nSPS) is 13.9. The highest BCUT2D eigenvalue weighted by Gasteiger charge is 2.24. The van der Waals surface area contributed by atoms with E-state index in [1.54, 1.807) is 36.8 Å². The van der Waals surface area contributed by atoms with Crippen molar-refractivity contribution in [1.82, 2.24) is 25.9 Å². The largest absolute Gasteiger partial charge is 0.390 e. The Bertz CT molecular complexity index is 1500. The van der Waals surface area contributed by atoms with Crippen LogP contribution in [-0.4, -0.2) is 45.6 Å². The molecule has 4 N–H and O–H groups in total. The topological polar surface area (TPSA) is 116 Å². The minimum absolute atomic E-state index is 0.0244. The lowest BCUT2D eigenvalue weighted by atomic mass is 9.99. The molecular weight excluding hydrogens is 538 g/mol. The van der Waals surface area contributed by atoms with Crippen molar-refractivity contribution < 1.29 is 14.7 Å². The molecule has 4 rings (SSSR count). The Labute approximate surface area is 254 Å². The Morgan fingerprint density at radius 1 is 0.837 bits per heavy atom. The smallest absolute Gasteiger partial charge is 0.251 e. The van der Waals surface area contributed by atoms with E-state index in [4.69, 9.17) is 0 Å². The Balaban J connectivity index is 1.47. The monoisotopic (exact) mass is 579 g/mol. The highest BCUT2D eigenvalue weighted by molar-refractivity contribution is 6.00. The number of benzene rings is 3. The summed E-state index contributed by atoms with van der Waals surface area (Å²) in [5, 5.41) is 20.7. The van der Waals surface area contributed by atoms with Crippen molar-refractivity contribution in [3.8, 4) is 0 Å². The summed E-state index contributed by atoms with van der Waals surface area (Å²) in [6.45, 7) is 8.15. The summed E-state index contributed by atoms with van der Waals surface area (Å²) >= 11 is 0. The number of aliphatic hydroxyl groups is 1. The van der Waals surface area contributed by atoms with Crippen molar-refractivity contribution in [1.29, 1.82) is 0 Å². The Kier molecular flexibility index (Phi) is 11.1. The molecule has 0 aliphatic carbocycles. The number of carbonyl (C=O) groups is 2. The number of nitrogens with one attached hydrogen (secondary N) is 3. The lowest BCUT2D eigenvalue weighted by Gasteiger charge is -2.26. The molecule has 8 heteroatoms. The number of aryl methyl sites for hydroxylation is 2. The lowest BCUT2D eigenvalue weighted by molar-refractivity contribution is 0.0825. The van der Waals surface area contributed by atoms with Crippen molar-refractivity contribution in [3.63, 3.8) is 0 Å². The van der Waals surface area contributed by atoms with E-state index in [-0.39, 0.29) is 30.4 Å². The molecule has 1 heterocycles. The molecule has 0 aliphatic heterocycles. The third kappa shape index (κ3) is 9.04. The van der Waals surface area contributed by atoms with E-state index in [0.717, 1.165) is 23.1 Å². The molecule has 0 saturated carbocycles. The lowest BCUT2D eigenvalue weighted by Crippen LogP contribution is -2.49. The van der Waals surface area contributed by atoms with Gasteiger partial charge >= 0.3 is 0 Å². The van der Waals surface area contributed by atoms with Crippen LogP contribution in [-0.2, 0) is 12.8 Å². The van der Waals surface area contributed by atoms with Crippen LogP contribution in [0.4, 0.5) is 0 Å². The second kappa shape index (κ2) is 15.2. The van der Waals surface area contributed by atoms with Gasteiger partial charge in [-0.05, 0) is 74.1 Å². The fraction of sp³-hybridized carbons (Fsp3) is 0.314. The Morgan fingerprint density at radius 3 is 2.21 bits per heavy atom. The fourth-order valence-electron chi connectivity index (χ4n) is 4.98. The van der Waals surface area contributed by atoms with Gasteiger partial charge in [-0.1, -0.05) is 61.5 Å². The van der Waals surface area contributed by atoms with Crippen LogP contribution < -0.4 is 16.0 Å². The summed E-state index contributed by atoms with van der Waals surface area (Å²) in [5.41, 5.74) is 5.53. The molecule has 0 radical (unpaired) electrons. The Hall–Kier alpha value is -4.40. The molecule has 0 saturated heterocycles. The fourth-order valence-corrected chi connectivity index (χ4v) is 4.98. The van der Waals surface area contributed by atoms with Crippen LogP contribution in [0.15, 0.2) is 91.4 Å². The molecule has 0 fully saturated rings. The van der Waals surface area contributed by atoms with Crippen LogP contribution in [0, 0.1) is 6.92 Å². The molecular formula is C35H41N5O3. The molecule has 0 aliphatic rings. The van der Waals surface area contributed by atoms with E-state index >= 15 is 0 Å². The first-order valence-corrected chi connectivity index (χ1v) is 14.8. The molecule has 4 atom stereocenters. The van der Waals surface area contributed by atoms with Crippen LogP contribution >= 0.6 is 0 Å². The summed E-state index contributed by atoms with van der Waals surface area (Å²) in [6.07, 6.45) is 5.31. The summed E-state index contributed by atoms with van der Waals surface area (Å²) < 4.78 is 0. The first kappa shape index (κ1) is 31.5. The molecule has 0 spiro atoms. The van der Waals surface area contributed by atoms with Gasteiger partial charge in [0.25, 0.3) is 11.8 Å². The zero-order chi connectivity index (χ0) is 30.8. The van der Waals surface area contributed by atoms with Crippen molar-refractivity contribution in [2.75, 3.05) is 6.54 Å². The number of hydrogen-bond donors (Lipinski definition) is 4. The minimum Gasteiger partial charge on any atom is -0.390 e. The number of carbonyl (C=O) groups excluding carboxylic acids is 2. The summed E-state index contributed by atoms with van der Waals surface area (Å²) in [7, 11) is 0. The third-order valence-corrected chi connectivity index (χ3v) is 7.55. The molecule has 8 nitrogen and oxygen atoms in total. The average molecular weight is 580 g/mol. The molecule has 0 bridgehead atoms. The second-order valence-corrected chi connectivity index (χ2v) is 11.0. The van der Waals surface area contributed by atoms with Crippen molar-refractivity contribution >= 4 is 11.8 Å². The maximum absolute atomic E-state index is 13.6. The van der Waals surface area contributed by atoms with Crippen LogP contribution in [0.3, 0.4) is 0 Å². The maximum Gasteiger partial charge on any atom is 0.251 e. The number of nitrogens with zero attached hydrogens (tertiary/aromatic N) is 2. The van der Waals surface area contributed by atoms with Gasteiger partial charge in [0.1, 0.15) is 0 Å². The maximum atomic E-state index is 13.6. The number of hydrogen-bond acceptors (Lipinski definition) is 6. The van der Waals surface area contributed by atoms with Gasteiger partial charge in [0.2, 0.25) is 0 Å². The predicted octanol–water partition coefficient (Wildman–Crippen LogP) is 4.89. The average Bonchev–Trinajstić information content (AvgIpc) is 3.03. The van der Waals surface area contributed by atoms with E-state index in [1.807, 2.05) is 50.2 Å². The molecule has 3 aromatic carbocycles. The quantitative estimate of drug-likeness (QED) is 0.179. The zero-order valence-corrected chi connectivity index (χ0v) is 25.2. The molecule has 2 unspecified atom stereocenters. The summed E-state index contributed by atoms with van der Waals surface area (Å²) in [6, 6.07) is 22.3. The van der Waals surface area contributed by atoms with E-state index in [9.17, 15) is 14.7 Å². The van der Waals surface area contributed by atoms with Crippen molar-refractivity contribution in [2.24, 2.45) is 0 Å². The molecule has 4 aromatic rings. The SMILES string of the molecule is CCc1cccc(C(C)NC[C@@H](O)[C@H](Cc2ccccc2)NC(=O)c2cc(C)cc(C(=O)NC(C)c3cnccn3)c2)c1. The van der Waals surface area contributed by atoms with Gasteiger partial charge in [0.05, 0.1) is 30.1 Å². The Morgan fingerprint density at radius 2 is 1.53 bits per heavy atom. The van der Waals surface area contributed by atoms with Gasteiger partial charge in [-0.25, -0.2) is 0 Å². The first-order valence-electron chi connectivity index (χ1n) is 14.8. The highest BCUT2D eigenvalue weighted by atomic mass is 16.3. The van der Waals surface area contributed by atoms with E-state index in [2.05, 4.69) is 58.0 Å². The summed E-state index contributed by atoms with van der Waals surface area (Å²) in [5.74, 6) is -0.675. The predicted molar refractivity (Wildman–Crippen MR) is 169 cm³/mol. The van der Waals surface area contributed by atoms with Gasteiger partial charge in [-0.2, -0.15) is 0 Å². The highest BCUT2D eigenvalue weighted by Crippen LogP contribution is 2.17. The summed E-state index contributed by atoms with van der Waals surface area (Å²) in [4.78, 5) is 35.0. The number of amides is 2. The molecule has 2 amide bonds. The van der Waals surface area contributed by atoms with Gasteiger partial charge in [-0.15, -0.1) is 0 Å². The zero-order valence-electron chi connectivity index (χ0n) is 25.2. The first-order chi connectivity index (χ1) is 20.7. The van der Waals surface area contributed by atoms with Crippen LogP contribution in [0.1, 0.15) is 81.5 Å². The third-order valence-electron chi connectivity index (χ3n) is 7.55. The van der Waals surface area contributed by atoms with E-state index < -0.39 is 12.1 Å². The van der Waals surface area contributed by atoms with E-state index in [0.29, 0.717) is 23.2 Å². The van der Waals surface area contributed by atoms with Crippen LogP contribution in [0.25, 0.3) is 0 Å². The second-order valence-electron chi connectivity index (χ2n) is 11.0. The van der Waals surface area contributed by atoms with Crippen molar-refractivity contribution in [2.45, 2.75) is 64.8 Å². The molecule has 43 heavy (non-hydrogen) atoms. The molecule has 224 valence electrons. The number of rotatable bonds is 13. The van der Waals surface area contributed by atoms with Gasteiger partial charge < -0.3 is 21.1 Å². The number of aliphatic hydroxyl groups excluding tert-OH is 1. The molecule has 1 aromatic heterocycles. The standard InChI is InChI=1S/C35H41N5O3/c1-5-26-12-9-13-28(18-26)24(3)38-22-33(41)31(19-27-10-7-6-8-11-27)40-35(43)30-17-23(2)16-29(20-30)34(42)39-25(4)32-21-36-14-15-37-32/h6-18,20-21,24-25,31,33,38,41H,5,19,22H2,1-4H3,(H,39,42)(H,40,43)/t24?,25?,31-,33+/m0/s1. The van der Waals surface area contributed by atoms with Gasteiger partial charge in [0.15, 0.2) is 0 Å². The van der Waals surface area contributed by atoms with Crippen LogP contribution in [0.5, 0.6) is 0 Å². The van der Waals surface area contributed by atoms with Gasteiger partial charge in [-0.3, -0.25) is 19.6 Å². The van der Waals surface area contributed by atoms with Crippen molar-refractivity contribution in [3.05, 3.63) is 130 Å². The van der Waals surface area contributed by atoms with Gasteiger partial charge in [0, 0.05) is 36.1 Å². The minimum atomic E-state index is -0.860.